The van der Waals surface area contributed by atoms with Crippen LogP contribution >= 0.6 is 0 Å². The van der Waals surface area contributed by atoms with Crippen LogP contribution in [0.15, 0.2) is 43.0 Å². The molecule has 29 heavy (non-hydrogen) atoms. The Labute approximate surface area is 167 Å². The molecule has 0 saturated carbocycles. The summed E-state index contributed by atoms with van der Waals surface area (Å²) in [6.07, 6.45) is 5.06. The van der Waals surface area contributed by atoms with Crippen LogP contribution in [0.3, 0.4) is 0 Å². The monoisotopic (exact) mass is 387 g/mol. The number of nitrogens with zero attached hydrogens (tertiary/aromatic N) is 8. The average molecular weight is 387 g/mol. The third-order valence-electron chi connectivity index (χ3n) is 5.37. The van der Waals surface area contributed by atoms with Crippen molar-refractivity contribution in [1.29, 1.82) is 0 Å². The molecule has 146 valence electrons. The van der Waals surface area contributed by atoms with Gasteiger partial charge in [0.25, 0.3) is 5.78 Å². The Morgan fingerprint density at radius 2 is 1.90 bits per heavy atom. The van der Waals surface area contributed by atoms with Crippen molar-refractivity contribution >= 4 is 17.4 Å². The lowest BCUT2D eigenvalue weighted by Gasteiger charge is -2.40. The first-order valence-corrected chi connectivity index (χ1v) is 9.59. The smallest absolute Gasteiger partial charge is 0.254 e. The van der Waals surface area contributed by atoms with Crippen LogP contribution in [-0.4, -0.2) is 54.4 Å². The Kier molecular flexibility index (Phi) is 4.27. The summed E-state index contributed by atoms with van der Waals surface area (Å²) < 4.78 is 1.77. The number of hydrogen-bond donors (Lipinski definition) is 1. The largest absolute Gasteiger partial charge is 0.369 e. The van der Waals surface area contributed by atoms with E-state index >= 15 is 0 Å². The van der Waals surface area contributed by atoms with Crippen LogP contribution in [-0.2, 0) is 0 Å². The molecule has 4 aromatic rings. The van der Waals surface area contributed by atoms with Gasteiger partial charge in [-0.3, -0.25) is 4.98 Å². The molecule has 0 aliphatic carbocycles. The number of fused-ring (bicyclic) bond motifs is 1. The van der Waals surface area contributed by atoms with Gasteiger partial charge in [0.15, 0.2) is 5.82 Å². The van der Waals surface area contributed by atoms with Gasteiger partial charge in [-0.25, -0.2) is 4.98 Å². The van der Waals surface area contributed by atoms with Gasteiger partial charge in [-0.05, 0) is 38.1 Å². The van der Waals surface area contributed by atoms with Crippen molar-refractivity contribution in [2.24, 2.45) is 5.92 Å². The van der Waals surface area contributed by atoms with Crippen LogP contribution in [0.1, 0.15) is 11.3 Å². The van der Waals surface area contributed by atoms with Crippen LogP contribution in [0.4, 0.5) is 11.6 Å². The fourth-order valence-electron chi connectivity index (χ4n) is 3.54. The lowest BCUT2D eigenvalue weighted by atomic mass is 10.00. The Bertz CT molecular complexity index is 1130. The molecule has 9 nitrogen and oxygen atoms in total. The van der Waals surface area contributed by atoms with E-state index in [0.717, 1.165) is 53.8 Å². The van der Waals surface area contributed by atoms with Crippen molar-refractivity contribution in [3.8, 4) is 11.3 Å². The van der Waals surface area contributed by atoms with Crippen LogP contribution in [0.5, 0.6) is 0 Å². The summed E-state index contributed by atoms with van der Waals surface area (Å²) >= 11 is 0. The zero-order valence-corrected chi connectivity index (χ0v) is 16.3. The fraction of sp³-hybridized carbons (Fsp3) is 0.300. The Hall–Kier alpha value is -3.62. The van der Waals surface area contributed by atoms with E-state index in [2.05, 4.69) is 47.4 Å². The molecule has 1 fully saturated rings. The second-order valence-electron chi connectivity index (χ2n) is 7.31. The van der Waals surface area contributed by atoms with Crippen LogP contribution in [0.2, 0.25) is 0 Å². The van der Waals surface area contributed by atoms with E-state index in [4.69, 9.17) is 0 Å². The summed E-state index contributed by atoms with van der Waals surface area (Å²) in [7, 11) is 0. The third-order valence-corrected chi connectivity index (χ3v) is 5.37. The summed E-state index contributed by atoms with van der Waals surface area (Å²) in [6.45, 7) is 6.80. The molecule has 1 aliphatic heterocycles. The number of anilines is 2. The van der Waals surface area contributed by atoms with E-state index < -0.39 is 0 Å². The summed E-state index contributed by atoms with van der Waals surface area (Å²) in [5.74, 6) is 3.03. The standard InChI is InChI=1S/C20H21N9/c1-13-14(2)25-20-23-12-24-29(20)19(13)22-9-15-10-28(11-15)18-4-3-17(26-27-18)16-5-7-21-8-6-16/h3-8,12,15,22H,9-11H2,1-2H3. The zero-order valence-electron chi connectivity index (χ0n) is 16.3. The molecule has 0 radical (unpaired) electrons. The minimum Gasteiger partial charge on any atom is -0.369 e. The molecule has 0 spiro atoms. The van der Waals surface area contributed by atoms with Gasteiger partial charge in [-0.1, -0.05) is 0 Å². The van der Waals surface area contributed by atoms with Gasteiger partial charge in [-0.2, -0.15) is 14.6 Å². The second kappa shape index (κ2) is 7.08. The van der Waals surface area contributed by atoms with Gasteiger partial charge in [0.1, 0.15) is 12.1 Å². The maximum Gasteiger partial charge on any atom is 0.254 e. The summed E-state index contributed by atoms with van der Waals surface area (Å²) in [5.41, 5.74) is 3.94. The molecular weight excluding hydrogens is 366 g/mol. The molecular formula is C20H21N9. The SMILES string of the molecule is Cc1nc2ncnn2c(NCC2CN(c3ccc(-c4ccncc4)nn3)C2)c1C. The van der Waals surface area contributed by atoms with Gasteiger partial charge < -0.3 is 10.2 Å². The van der Waals surface area contributed by atoms with E-state index in [0.29, 0.717) is 11.7 Å². The Balaban J connectivity index is 1.21. The predicted molar refractivity (Wildman–Crippen MR) is 110 cm³/mol. The number of hydrogen-bond acceptors (Lipinski definition) is 8. The van der Waals surface area contributed by atoms with Crippen molar-refractivity contribution in [2.45, 2.75) is 13.8 Å². The quantitative estimate of drug-likeness (QED) is 0.556. The Morgan fingerprint density at radius 1 is 1.07 bits per heavy atom. The number of nitrogens with one attached hydrogen (secondary N) is 1. The lowest BCUT2D eigenvalue weighted by molar-refractivity contribution is 0.425. The first-order valence-electron chi connectivity index (χ1n) is 9.59. The molecule has 0 aromatic carbocycles. The molecule has 0 atom stereocenters. The van der Waals surface area contributed by atoms with Crippen LogP contribution in [0.25, 0.3) is 17.0 Å². The summed E-state index contributed by atoms with van der Waals surface area (Å²) in [6, 6.07) is 7.91. The molecule has 4 aromatic heterocycles. The van der Waals surface area contributed by atoms with Crippen LogP contribution < -0.4 is 10.2 Å². The number of aryl methyl sites for hydroxylation is 1. The molecule has 1 N–H and O–H groups in total. The number of rotatable bonds is 5. The van der Waals surface area contributed by atoms with Gasteiger partial charge >= 0.3 is 0 Å². The summed E-state index contributed by atoms with van der Waals surface area (Å²) in [5, 5.41) is 16.6. The van der Waals surface area contributed by atoms with Gasteiger partial charge in [0, 0.05) is 54.8 Å². The van der Waals surface area contributed by atoms with Crippen molar-refractivity contribution in [3.05, 3.63) is 54.2 Å². The molecule has 5 heterocycles. The van der Waals surface area contributed by atoms with Gasteiger partial charge in [0.05, 0.1) is 5.69 Å². The first kappa shape index (κ1) is 17.5. The molecule has 0 bridgehead atoms. The minimum absolute atomic E-state index is 0.531. The lowest BCUT2D eigenvalue weighted by Crippen LogP contribution is -2.50. The van der Waals surface area contributed by atoms with Gasteiger partial charge in [-0.15, -0.1) is 10.2 Å². The van der Waals surface area contributed by atoms with Gasteiger partial charge in [0.2, 0.25) is 0 Å². The van der Waals surface area contributed by atoms with Crippen molar-refractivity contribution < 1.29 is 0 Å². The fourth-order valence-corrected chi connectivity index (χ4v) is 3.54. The summed E-state index contributed by atoms with van der Waals surface area (Å²) in [4.78, 5) is 14.9. The molecule has 9 heteroatoms. The predicted octanol–water partition coefficient (Wildman–Crippen LogP) is 2.14. The molecule has 1 aliphatic rings. The maximum atomic E-state index is 4.46. The molecule has 5 rings (SSSR count). The Morgan fingerprint density at radius 3 is 2.66 bits per heavy atom. The van der Waals surface area contributed by atoms with E-state index in [1.54, 1.807) is 16.9 Å². The average Bonchev–Trinajstić information content (AvgIpc) is 3.18. The van der Waals surface area contributed by atoms with E-state index in [-0.39, 0.29) is 0 Å². The third kappa shape index (κ3) is 3.24. The van der Waals surface area contributed by atoms with E-state index in [1.807, 2.05) is 31.2 Å². The zero-order chi connectivity index (χ0) is 19.8. The number of aromatic nitrogens is 7. The van der Waals surface area contributed by atoms with E-state index in [9.17, 15) is 0 Å². The highest BCUT2D eigenvalue weighted by Gasteiger charge is 2.28. The first-order chi connectivity index (χ1) is 14.2. The van der Waals surface area contributed by atoms with Crippen molar-refractivity contribution in [2.75, 3.05) is 29.9 Å². The topological polar surface area (TPSA) is 97.0 Å². The highest BCUT2D eigenvalue weighted by atomic mass is 15.4. The molecule has 0 amide bonds. The van der Waals surface area contributed by atoms with E-state index in [1.165, 1.54) is 6.33 Å². The van der Waals surface area contributed by atoms with Crippen molar-refractivity contribution in [3.63, 3.8) is 0 Å². The molecule has 1 saturated heterocycles. The second-order valence-corrected chi connectivity index (χ2v) is 7.31. The normalized spacial score (nSPS) is 14.2. The minimum atomic E-state index is 0.531. The highest BCUT2D eigenvalue weighted by Crippen LogP contribution is 2.25. The van der Waals surface area contributed by atoms with Crippen LogP contribution in [0, 0.1) is 19.8 Å². The maximum absolute atomic E-state index is 4.46. The molecule has 0 unspecified atom stereocenters. The highest BCUT2D eigenvalue weighted by molar-refractivity contribution is 5.59. The van der Waals surface area contributed by atoms with Crippen molar-refractivity contribution in [1.82, 2.24) is 34.8 Å². The number of pyridine rings is 1.